The maximum absolute atomic E-state index is 5.83. The predicted molar refractivity (Wildman–Crippen MR) is 62.8 cm³/mol. The van der Waals surface area contributed by atoms with Crippen LogP contribution < -0.4 is 0 Å². The standard InChI is InChI=1S/C11H10Cl2N2O/c1-7(12)11-14-10(15-16-11)6-8-2-4-9(13)5-3-8/h2-5,7H,6H2,1H3. The van der Waals surface area contributed by atoms with Crippen molar-refractivity contribution in [3.8, 4) is 0 Å². The molecule has 0 fully saturated rings. The zero-order valence-electron chi connectivity index (χ0n) is 8.65. The van der Waals surface area contributed by atoms with E-state index in [4.69, 9.17) is 27.7 Å². The van der Waals surface area contributed by atoms with Gasteiger partial charge in [-0.15, -0.1) is 11.6 Å². The van der Waals surface area contributed by atoms with Gasteiger partial charge in [-0.05, 0) is 24.6 Å². The highest BCUT2D eigenvalue weighted by atomic mass is 35.5. The van der Waals surface area contributed by atoms with Crippen molar-refractivity contribution in [1.29, 1.82) is 0 Å². The Balaban J connectivity index is 2.11. The molecule has 3 nitrogen and oxygen atoms in total. The topological polar surface area (TPSA) is 38.9 Å². The van der Waals surface area contributed by atoms with Gasteiger partial charge in [0.1, 0.15) is 5.38 Å². The molecular formula is C11H10Cl2N2O. The molecule has 84 valence electrons. The lowest BCUT2D eigenvalue weighted by Gasteiger charge is -1.96. The first-order valence-corrected chi connectivity index (χ1v) is 5.67. The van der Waals surface area contributed by atoms with Crippen molar-refractivity contribution in [1.82, 2.24) is 10.1 Å². The van der Waals surface area contributed by atoms with Gasteiger partial charge in [0, 0.05) is 11.4 Å². The van der Waals surface area contributed by atoms with E-state index in [2.05, 4.69) is 10.1 Å². The molecule has 5 heteroatoms. The van der Waals surface area contributed by atoms with Crippen LogP contribution in [0.15, 0.2) is 28.8 Å². The molecule has 0 spiro atoms. The molecule has 1 atom stereocenters. The van der Waals surface area contributed by atoms with E-state index in [1.54, 1.807) is 6.92 Å². The van der Waals surface area contributed by atoms with Crippen molar-refractivity contribution in [3.63, 3.8) is 0 Å². The minimum Gasteiger partial charge on any atom is -0.338 e. The van der Waals surface area contributed by atoms with Crippen molar-refractivity contribution < 1.29 is 4.52 Å². The van der Waals surface area contributed by atoms with E-state index in [0.29, 0.717) is 23.2 Å². The first kappa shape index (κ1) is 11.4. The normalized spacial score (nSPS) is 12.7. The second-order valence-electron chi connectivity index (χ2n) is 3.47. The highest BCUT2D eigenvalue weighted by Crippen LogP contribution is 2.18. The van der Waals surface area contributed by atoms with Gasteiger partial charge in [-0.2, -0.15) is 4.98 Å². The molecule has 1 aromatic carbocycles. The number of nitrogens with zero attached hydrogens (tertiary/aromatic N) is 2. The van der Waals surface area contributed by atoms with Crippen LogP contribution in [0.25, 0.3) is 0 Å². The SMILES string of the molecule is CC(Cl)c1nc(Cc2ccc(Cl)cc2)no1. The molecule has 0 aliphatic rings. The summed E-state index contributed by atoms with van der Waals surface area (Å²) >= 11 is 11.6. The zero-order valence-corrected chi connectivity index (χ0v) is 10.2. The van der Waals surface area contributed by atoms with Crippen molar-refractivity contribution in [2.75, 3.05) is 0 Å². The molecule has 2 aromatic rings. The van der Waals surface area contributed by atoms with E-state index in [-0.39, 0.29) is 5.38 Å². The van der Waals surface area contributed by atoms with Crippen LogP contribution in [-0.2, 0) is 6.42 Å². The Morgan fingerprint density at radius 1 is 1.31 bits per heavy atom. The summed E-state index contributed by atoms with van der Waals surface area (Å²) in [6, 6.07) is 7.54. The molecule has 0 saturated carbocycles. The Labute approximate surface area is 103 Å². The maximum Gasteiger partial charge on any atom is 0.244 e. The van der Waals surface area contributed by atoms with Crippen LogP contribution in [0, 0.1) is 0 Å². The second-order valence-corrected chi connectivity index (χ2v) is 4.56. The van der Waals surface area contributed by atoms with E-state index in [1.165, 1.54) is 0 Å². The van der Waals surface area contributed by atoms with Crippen molar-refractivity contribution in [2.24, 2.45) is 0 Å². The third-order valence-electron chi connectivity index (χ3n) is 2.10. The number of rotatable bonds is 3. The van der Waals surface area contributed by atoms with Gasteiger partial charge in [-0.25, -0.2) is 0 Å². The summed E-state index contributed by atoms with van der Waals surface area (Å²) in [5.74, 6) is 1.08. The number of hydrogen-bond acceptors (Lipinski definition) is 3. The largest absolute Gasteiger partial charge is 0.338 e. The van der Waals surface area contributed by atoms with E-state index in [9.17, 15) is 0 Å². The van der Waals surface area contributed by atoms with Crippen molar-refractivity contribution >= 4 is 23.2 Å². The van der Waals surface area contributed by atoms with E-state index >= 15 is 0 Å². The summed E-state index contributed by atoms with van der Waals surface area (Å²) in [5.41, 5.74) is 1.08. The molecule has 16 heavy (non-hydrogen) atoms. The summed E-state index contributed by atoms with van der Waals surface area (Å²) in [7, 11) is 0. The summed E-state index contributed by atoms with van der Waals surface area (Å²) in [6.07, 6.45) is 0.615. The Hall–Kier alpha value is -1.06. The summed E-state index contributed by atoms with van der Waals surface area (Å²) in [5, 5.41) is 4.31. The van der Waals surface area contributed by atoms with Crippen molar-refractivity contribution in [2.45, 2.75) is 18.7 Å². The van der Waals surface area contributed by atoms with Crippen LogP contribution in [0.5, 0.6) is 0 Å². The number of alkyl halides is 1. The lowest BCUT2D eigenvalue weighted by atomic mass is 10.1. The molecule has 0 bridgehead atoms. The summed E-state index contributed by atoms with van der Waals surface area (Å²) in [4.78, 5) is 4.18. The van der Waals surface area contributed by atoms with Gasteiger partial charge in [-0.3, -0.25) is 0 Å². The van der Waals surface area contributed by atoms with E-state index in [0.717, 1.165) is 5.56 Å². The van der Waals surface area contributed by atoms with Gasteiger partial charge in [0.2, 0.25) is 5.89 Å². The fourth-order valence-corrected chi connectivity index (χ4v) is 1.50. The Bertz CT molecular complexity index is 465. The average molecular weight is 257 g/mol. The first-order chi connectivity index (χ1) is 7.65. The Kier molecular flexibility index (Phi) is 3.46. The van der Waals surface area contributed by atoms with Gasteiger partial charge >= 0.3 is 0 Å². The third-order valence-corrected chi connectivity index (χ3v) is 2.54. The minimum atomic E-state index is -0.258. The molecule has 0 amide bonds. The zero-order chi connectivity index (χ0) is 11.5. The van der Waals surface area contributed by atoms with Crippen LogP contribution in [0.4, 0.5) is 0 Å². The summed E-state index contributed by atoms with van der Waals surface area (Å²) in [6.45, 7) is 1.79. The number of aromatic nitrogens is 2. The molecule has 2 rings (SSSR count). The third kappa shape index (κ3) is 2.74. The van der Waals surface area contributed by atoms with Gasteiger partial charge in [0.05, 0.1) is 0 Å². The predicted octanol–water partition coefficient (Wildman–Crippen LogP) is 3.61. The molecule has 0 radical (unpaired) electrons. The molecule has 0 saturated heterocycles. The minimum absolute atomic E-state index is 0.258. The lowest BCUT2D eigenvalue weighted by molar-refractivity contribution is 0.374. The molecule has 0 N–H and O–H groups in total. The van der Waals surface area contributed by atoms with Crippen LogP contribution in [0.2, 0.25) is 5.02 Å². The van der Waals surface area contributed by atoms with Crippen molar-refractivity contribution in [3.05, 3.63) is 46.6 Å². The number of halogens is 2. The second kappa shape index (κ2) is 4.85. The summed E-state index contributed by atoms with van der Waals surface area (Å²) < 4.78 is 5.00. The fourth-order valence-electron chi connectivity index (χ4n) is 1.29. The fraction of sp³-hybridized carbons (Fsp3) is 0.273. The van der Waals surface area contributed by atoms with Crippen LogP contribution in [-0.4, -0.2) is 10.1 Å². The van der Waals surface area contributed by atoms with Crippen LogP contribution in [0.1, 0.15) is 29.6 Å². The number of benzene rings is 1. The first-order valence-electron chi connectivity index (χ1n) is 4.86. The smallest absolute Gasteiger partial charge is 0.244 e. The quantitative estimate of drug-likeness (QED) is 0.788. The average Bonchev–Trinajstić information content (AvgIpc) is 2.70. The monoisotopic (exact) mass is 256 g/mol. The molecule has 1 heterocycles. The Morgan fingerprint density at radius 2 is 2.00 bits per heavy atom. The van der Waals surface area contributed by atoms with Gasteiger partial charge in [0.15, 0.2) is 5.82 Å². The van der Waals surface area contributed by atoms with E-state index < -0.39 is 0 Å². The van der Waals surface area contributed by atoms with E-state index in [1.807, 2.05) is 24.3 Å². The highest BCUT2D eigenvalue weighted by molar-refractivity contribution is 6.30. The van der Waals surface area contributed by atoms with Gasteiger partial charge in [-0.1, -0.05) is 28.9 Å². The van der Waals surface area contributed by atoms with Gasteiger partial charge < -0.3 is 4.52 Å². The van der Waals surface area contributed by atoms with Crippen LogP contribution in [0.3, 0.4) is 0 Å². The molecule has 0 aliphatic heterocycles. The lowest BCUT2D eigenvalue weighted by Crippen LogP contribution is -1.91. The molecule has 1 unspecified atom stereocenters. The molecule has 0 aliphatic carbocycles. The molecule has 1 aromatic heterocycles. The van der Waals surface area contributed by atoms with Crippen LogP contribution >= 0.6 is 23.2 Å². The number of hydrogen-bond donors (Lipinski definition) is 0. The highest BCUT2D eigenvalue weighted by Gasteiger charge is 2.11. The maximum atomic E-state index is 5.83. The molecular weight excluding hydrogens is 247 g/mol. The Morgan fingerprint density at radius 3 is 2.56 bits per heavy atom. The van der Waals surface area contributed by atoms with Gasteiger partial charge in [0.25, 0.3) is 0 Å².